The molecule has 0 amide bonds. The molecular formula is C24H23F2N5O3. The number of hydrogen-bond donors (Lipinski definition) is 1. The summed E-state index contributed by atoms with van der Waals surface area (Å²) < 4.78 is 38.9. The zero-order valence-corrected chi connectivity index (χ0v) is 18.4. The van der Waals surface area contributed by atoms with E-state index in [9.17, 15) is 13.6 Å². The van der Waals surface area contributed by atoms with Crippen molar-refractivity contribution >= 4 is 16.9 Å². The summed E-state index contributed by atoms with van der Waals surface area (Å²) in [7, 11) is 1.65. The van der Waals surface area contributed by atoms with Crippen molar-refractivity contribution in [1.82, 2.24) is 19.3 Å². The second-order valence-corrected chi connectivity index (χ2v) is 8.10. The number of aromatic nitrogens is 4. The number of nitrogens with one attached hydrogen (secondary N) is 1. The number of halogens is 2. The molecule has 1 aliphatic heterocycles. The normalized spacial score (nSPS) is 15.8. The highest BCUT2D eigenvalue weighted by molar-refractivity contribution is 5.84. The van der Waals surface area contributed by atoms with Crippen LogP contribution < -0.4 is 15.6 Å². The van der Waals surface area contributed by atoms with Crippen molar-refractivity contribution in [1.29, 1.82) is 0 Å². The minimum atomic E-state index is -2.93. The second kappa shape index (κ2) is 9.22. The maximum absolute atomic E-state index is 12.9. The van der Waals surface area contributed by atoms with E-state index in [0.717, 1.165) is 24.2 Å². The van der Waals surface area contributed by atoms with Gasteiger partial charge in [0.05, 0.1) is 30.1 Å². The molecule has 1 atom stereocenters. The van der Waals surface area contributed by atoms with Crippen molar-refractivity contribution in [2.45, 2.75) is 25.6 Å². The van der Waals surface area contributed by atoms with Gasteiger partial charge in [-0.3, -0.25) is 14.2 Å². The average Bonchev–Trinajstić information content (AvgIpc) is 3.43. The zero-order chi connectivity index (χ0) is 23.7. The highest BCUT2D eigenvalue weighted by Crippen LogP contribution is 2.26. The Morgan fingerprint density at radius 1 is 1.18 bits per heavy atom. The van der Waals surface area contributed by atoms with Crippen LogP contribution in [0.25, 0.3) is 22.0 Å². The fourth-order valence-electron chi connectivity index (χ4n) is 4.13. The Kier molecular flexibility index (Phi) is 5.97. The quantitative estimate of drug-likeness (QED) is 0.447. The van der Waals surface area contributed by atoms with Gasteiger partial charge < -0.3 is 14.8 Å². The molecule has 4 aromatic rings. The van der Waals surface area contributed by atoms with Gasteiger partial charge in [-0.2, -0.15) is 8.78 Å². The van der Waals surface area contributed by atoms with Crippen LogP contribution >= 0.6 is 0 Å². The summed E-state index contributed by atoms with van der Waals surface area (Å²) in [5.41, 5.74) is 2.65. The number of para-hydroxylation sites is 1. The molecule has 1 N–H and O–H groups in total. The topological polar surface area (TPSA) is 83.2 Å². The van der Waals surface area contributed by atoms with Crippen molar-refractivity contribution in [3.8, 4) is 16.9 Å². The van der Waals surface area contributed by atoms with Gasteiger partial charge >= 0.3 is 6.61 Å². The van der Waals surface area contributed by atoms with Crippen molar-refractivity contribution < 1.29 is 18.3 Å². The van der Waals surface area contributed by atoms with Crippen molar-refractivity contribution in [3.05, 3.63) is 70.8 Å². The van der Waals surface area contributed by atoms with E-state index < -0.39 is 6.61 Å². The Morgan fingerprint density at radius 2 is 1.97 bits per heavy atom. The molecule has 1 fully saturated rings. The van der Waals surface area contributed by atoms with Crippen molar-refractivity contribution in [3.63, 3.8) is 0 Å². The summed E-state index contributed by atoms with van der Waals surface area (Å²) >= 11 is 0. The average molecular weight is 467 g/mol. The van der Waals surface area contributed by atoms with Crippen LogP contribution in [0.3, 0.4) is 0 Å². The van der Waals surface area contributed by atoms with Gasteiger partial charge in [0.2, 0.25) is 5.95 Å². The standard InChI is InChI=1S/C24H23F2N5O3/c1-30-22(32)19-7-6-15(17-11-27-24(28-12-17)29-18-8-9-33-14-18)10-20(19)31(30)13-16-4-2-3-5-21(16)34-23(25)26/h2-7,10-12,18,23H,8-9,13-14H2,1H3,(H,27,28,29)/t18-/m1/s1. The number of rotatable bonds is 7. The highest BCUT2D eigenvalue weighted by Gasteiger charge is 2.17. The molecule has 8 nitrogen and oxygen atoms in total. The molecule has 0 radical (unpaired) electrons. The molecule has 0 aliphatic carbocycles. The lowest BCUT2D eigenvalue weighted by Gasteiger charge is -2.14. The van der Waals surface area contributed by atoms with Crippen molar-refractivity contribution in [2.24, 2.45) is 7.05 Å². The molecule has 0 unspecified atom stereocenters. The Bertz CT molecular complexity index is 1360. The Morgan fingerprint density at radius 3 is 2.71 bits per heavy atom. The third-order valence-corrected chi connectivity index (χ3v) is 5.92. The first-order valence-electron chi connectivity index (χ1n) is 10.9. The summed E-state index contributed by atoms with van der Waals surface area (Å²) in [6.07, 6.45) is 4.37. The summed E-state index contributed by atoms with van der Waals surface area (Å²) in [4.78, 5) is 21.6. The number of anilines is 1. The van der Waals surface area contributed by atoms with Gasteiger partial charge in [0.1, 0.15) is 5.75 Å². The third kappa shape index (κ3) is 4.36. The van der Waals surface area contributed by atoms with Crippen LogP contribution in [0, 0.1) is 0 Å². The van der Waals surface area contributed by atoms with Crippen LogP contribution in [0.15, 0.2) is 59.7 Å². The summed E-state index contributed by atoms with van der Waals surface area (Å²) in [5, 5.41) is 3.78. The largest absolute Gasteiger partial charge is 0.434 e. The van der Waals surface area contributed by atoms with E-state index >= 15 is 0 Å². The Labute approximate surface area is 193 Å². The number of ether oxygens (including phenoxy) is 2. The van der Waals surface area contributed by atoms with Crippen LogP contribution in [0.2, 0.25) is 0 Å². The van der Waals surface area contributed by atoms with E-state index in [1.807, 2.05) is 12.1 Å². The van der Waals surface area contributed by atoms with E-state index in [-0.39, 0.29) is 23.9 Å². The number of fused-ring (bicyclic) bond motifs is 1. The second-order valence-electron chi connectivity index (χ2n) is 8.10. The molecule has 0 saturated carbocycles. The smallest absolute Gasteiger partial charge is 0.387 e. The van der Waals surface area contributed by atoms with Crippen molar-refractivity contribution in [2.75, 3.05) is 18.5 Å². The molecule has 0 bridgehead atoms. The van der Waals surface area contributed by atoms with Gasteiger partial charge in [0, 0.05) is 37.2 Å². The minimum absolute atomic E-state index is 0.0760. The molecule has 2 aromatic carbocycles. The van der Waals surface area contributed by atoms with Gasteiger partial charge in [0.25, 0.3) is 5.56 Å². The fourth-order valence-corrected chi connectivity index (χ4v) is 4.13. The number of nitrogens with zero attached hydrogens (tertiary/aromatic N) is 4. The van der Waals surface area contributed by atoms with Gasteiger partial charge in [-0.25, -0.2) is 9.97 Å². The third-order valence-electron chi connectivity index (χ3n) is 5.92. The van der Waals surface area contributed by atoms with Gasteiger partial charge in [-0.05, 0) is 30.2 Å². The predicted molar refractivity (Wildman–Crippen MR) is 123 cm³/mol. The lowest BCUT2D eigenvalue weighted by atomic mass is 10.1. The molecule has 34 heavy (non-hydrogen) atoms. The van der Waals surface area contributed by atoms with E-state index in [2.05, 4.69) is 20.0 Å². The molecule has 176 valence electrons. The van der Waals surface area contributed by atoms with Crippen LogP contribution in [0.5, 0.6) is 5.75 Å². The Hall–Kier alpha value is -3.79. The molecule has 1 aliphatic rings. The Balaban J connectivity index is 1.48. The number of hydrogen-bond acceptors (Lipinski definition) is 6. The molecule has 10 heteroatoms. The van der Waals surface area contributed by atoms with E-state index in [0.29, 0.717) is 29.0 Å². The molecule has 5 rings (SSSR count). The lowest BCUT2D eigenvalue weighted by molar-refractivity contribution is -0.0505. The first-order chi connectivity index (χ1) is 16.5. The van der Waals surface area contributed by atoms with Gasteiger partial charge in [-0.15, -0.1) is 0 Å². The first-order valence-corrected chi connectivity index (χ1v) is 10.9. The van der Waals surface area contributed by atoms with E-state index in [1.54, 1.807) is 48.4 Å². The first kappa shape index (κ1) is 22.0. The number of alkyl halides is 2. The molecule has 1 saturated heterocycles. The summed E-state index contributed by atoms with van der Waals surface area (Å²) in [6.45, 7) is -1.38. The molecule has 2 aromatic heterocycles. The summed E-state index contributed by atoms with van der Waals surface area (Å²) in [6, 6.07) is 12.2. The molecule has 0 spiro atoms. The van der Waals surface area contributed by atoms with E-state index in [4.69, 9.17) is 4.74 Å². The van der Waals surface area contributed by atoms with Crippen LogP contribution in [0.1, 0.15) is 12.0 Å². The highest BCUT2D eigenvalue weighted by atomic mass is 19.3. The lowest BCUT2D eigenvalue weighted by Crippen LogP contribution is -2.20. The fraction of sp³-hybridized carbons (Fsp3) is 0.292. The SMILES string of the molecule is Cn1c(=O)c2ccc(-c3cnc(N[C@@H]4CCOC4)nc3)cc2n1Cc1ccccc1OC(F)F. The van der Waals surface area contributed by atoms with Crippen LogP contribution in [0.4, 0.5) is 14.7 Å². The van der Waals surface area contributed by atoms with E-state index in [1.165, 1.54) is 10.7 Å². The summed E-state index contributed by atoms with van der Waals surface area (Å²) in [5.74, 6) is 0.611. The minimum Gasteiger partial charge on any atom is -0.434 e. The van der Waals surface area contributed by atoms with Crippen LogP contribution in [-0.4, -0.2) is 45.2 Å². The predicted octanol–water partition coefficient (Wildman–Crippen LogP) is 3.65. The number of benzene rings is 2. The van der Waals surface area contributed by atoms with Gasteiger partial charge in [0.15, 0.2) is 0 Å². The molecule has 3 heterocycles. The van der Waals surface area contributed by atoms with Gasteiger partial charge in [-0.1, -0.05) is 24.3 Å². The van der Waals surface area contributed by atoms with Crippen LogP contribution in [-0.2, 0) is 18.3 Å². The molecular weight excluding hydrogens is 444 g/mol. The monoisotopic (exact) mass is 467 g/mol. The maximum Gasteiger partial charge on any atom is 0.387 e. The maximum atomic E-state index is 12.9. The zero-order valence-electron chi connectivity index (χ0n) is 18.4.